The third-order valence-corrected chi connectivity index (χ3v) is 3.26. The maximum absolute atomic E-state index is 11.9. The topological polar surface area (TPSA) is 89.4 Å². The highest BCUT2D eigenvalue weighted by molar-refractivity contribution is 6.42. The van der Waals surface area contributed by atoms with Gasteiger partial charge in [0.25, 0.3) is 0 Å². The first-order valence-corrected chi connectivity index (χ1v) is 6.29. The lowest BCUT2D eigenvalue weighted by atomic mass is 10.1. The van der Waals surface area contributed by atoms with Gasteiger partial charge >= 0.3 is 0 Å². The summed E-state index contributed by atoms with van der Waals surface area (Å²) in [7, 11) is 1.59. The molecule has 5 nitrogen and oxygen atoms in total. The molecule has 20 heavy (non-hydrogen) atoms. The second kappa shape index (κ2) is 8.32. The average molecular weight is 341 g/mol. The van der Waals surface area contributed by atoms with Crippen LogP contribution in [0.5, 0.6) is 0 Å². The van der Waals surface area contributed by atoms with Crippen molar-refractivity contribution >= 4 is 47.4 Å². The highest BCUT2D eigenvalue weighted by Crippen LogP contribution is 2.23. The molecule has 0 aliphatic carbocycles. The Morgan fingerprint density at radius 1 is 1.30 bits per heavy atom. The van der Waals surface area contributed by atoms with Gasteiger partial charge in [-0.25, -0.2) is 0 Å². The van der Waals surface area contributed by atoms with Crippen LogP contribution in [0.2, 0.25) is 10.0 Å². The number of hydrogen-bond acceptors (Lipinski definition) is 3. The van der Waals surface area contributed by atoms with Crippen molar-refractivity contribution in [3.05, 3.63) is 33.8 Å². The number of rotatable bonds is 5. The van der Waals surface area contributed by atoms with E-state index in [-0.39, 0.29) is 24.7 Å². The van der Waals surface area contributed by atoms with E-state index in [1.807, 2.05) is 0 Å². The average Bonchev–Trinajstić information content (AvgIpc) is 2.32. The third-order valence-electron chi connectivity index (χ3n) is 2.52. The Morgan fingerprint density at radius 3 is 2.40 bits per heavy atom. The van der Waals surface area contributed by atoms with Crippen LogP contribution in [0.4, 0.5) is 0 Å². The van der Waals surface area contributed by atoms with Gasteiger partial charge in [-0.2, -0.15) is 0 Å². The fourth-order valence-electron chi connectivity index (χ4n) is 1.58. The number of halogens is 3. The molecule has 0 aromatic heterocycles. The smallest absolute Gasteiger partial charge is 0.240 e. The van der Waals surface area contributed by atoms with E-state index in [1.54, 1.807) is 25.2 Å². The molecule has 0 aliphatic rings. The summed E-state index contributed by atoms with van der Waals surface area (Å²) in [5.41, 5.74) is 11.4. The molecule has 0 radical (unpaired) electrons. The van der Waals surface area contributed by atoms with Gasteiger partial charge < -0.3 is 16.4 Å². The first-order chi connectivity index (χ1) is 8.81. The predicted molar refractivity (Wildman–Crippen MR) is 82.0 cm³/mol. The van der Waals surface area contributed by atoms with E-state index in [1.165, 1.54) is 4.90 Å². The third kappa shape index (κ3) is 5.54. The zero-order valence-corrected chi connectivity index (χ0v) is 13.1. The Labute approximate surface area is 133 Å². The molecule has 4 N–H and O–H groups in total. The van der Waals surface area contributed by atoms with E-state index in [2.05, 4.69) is 0 Å². The first kappa shape index (κ1) is 19.0. The number of primary amides is 1. The molecule has 1 rings (SSSR count). The van der Waals surface area contributed by atoms with Gasteiger partial charge in [0.05, 0.1) is 22.5 Å². The number of carbonyl (C=O) groups excluding carboxylic acids is 2. The Hall–Kier alpha value is -1.01. The van der Waals surface area contributed by atoms with Gasteiger partial charge in [-0.3, -0.25) is 9.59 Å². The van der Waals surface area contributed by atoms with Crippen molar-refractivity contribution in [2.24, 2.45) is 11.5 Å². The van der Waals surface area contributed by atoms with Crippen molar-refractivity contribution in [2.75, 3.05) is 7.05 Å². The minimum absolute atomic E-state index is 0. The number of amides is 2. The largest absolute Gasteiger partial charge is 0.370 e. The summed E-state index contributed by atoms with van der Waals surface area (Å²) in [6.07, 6.45) is -0.176. The van der Waals surface area contributed by atoms with Crippen LogP contribution >= 0.6 is 35.6 Å². The van der Waals surface area contributed by atoms with Crippen LogP contribution in [0, 0.1) is 0 Å². The van der Waals surface area contributed by atoms with Crippen molar-refractivity contribution in [1.29, 1.82) is 0 Å². The van der Waals surface area contributed by atoms with Crippen LogP contribution in [0.1, 0.15) is 12.0 Å². The minimum atomic E-state index is -0.926. The molecule has 1 atom stereocenters. The normalized spacial score (nSPS) is 11.4. The standard InChI is InChI=1S/C12H15Cl2N3O2.ClH/c1-17(12(19)10(15)5-11(16)18)6-7-2-3-8(13)9(14)4-7;/h2-4,10H,5-6,15H2,1H3,(H2,16,18);1H. The molecule has 8 heteroatoms. The van der Waals surface area contributed by atoms with Gasteiger partial charge in [0.2, 0.25) is 11.8 Å². The number of hydrogen-bond donors (Lipinski definition) is 2. The van der Waals surface area contributed by atoms with Gasteiger partial charge in [-0.15, -0.1) is 12.4 Å². The molecule has 0 heterocycles. The molecular formula is C12H16Cl3N3O2. The van der Waals surface area contributed by atoms with E-state index in [0.717, 1.165) is 5.56 Å². The molecule has 1 aromatic carbocycles. The monoisotopic (exact) mass is 339 g/mol. The Bertz CT molecular complexity index is 497. The summed E-state index contributed by atoms with van der Waals surface area (Å²) in [5, 5.41) is 0.867. The molecule has 1 unspecified atom stereocenters. The summed E-state index contributed by atoms with van der Waals surface area (Å²) in [4.78, 5) is 24.0. The van der Waals surface area contributed by atoms with Crippen LogP contribution in [-0.4, -0.2) is 29.8 Å². The summed E-state index contributed by atoms with van der Waals surface area (Å²) >= 11 is 11.7. The molecule has 0 fully saturated rings. The molecule has 0 spiro atoms. The van der Waals surface area contributed by atoms with E-state index in [9.17, 15) is 9.59 Å². The molecule has 0 saturated carbocycles. The summed E-state index contributed by atoms with van der Waals surface area (Å²) < 4.78 is 0. The van der Waals surface area contributed by atoms with Crippen LogP contribution in [0.3, 0.4) is 0 Å². The van der Waals surface area contributed by atoms with Gasteiger partial charge in [0.15, 0.2) is 0 Å². The first-order valence-electron chi connectivity index (χ1n) is 5.54. The number of benzene rings is 1. The van der Waals surface area contributed by atoms with Crippen molar-refractivity contribution in [1.82, 2.24) is 4.90 Å². The van der Waals surface area contributed by atoms with Crippen molar-refractivity contribution in [3.63, 3.8) is 0 Å². The number of nitrogens with two attached hydrogens (primary N) is 2. The Morgan fingerprint density at radius 2 is 1.90 bits per heavy atom. The molecule has 0 saturated heterocycles. The lowest BCUT2D eigenvalue weighted by molar-refractivity contribution is -0.133. The second-order valence-electron chi connectivity index (χ2n) is 4.22. The van der Waals surface area contributed by atoms with E-state index < -0.39 is 11.9 Å². The van der Waals surface area contributed by atoms with Crippen molar-refractivity contribution < 1.29 is 9.59 Å². The van der Waals surface area contributed by atoms with Crippen LogP contribution in [0.25, 0.3) is 0 Å². The molecule has 0 aliphatic heterocycles. The number of nitrogens with zero attached hydrogens (tertiary/aromatic N) is 1. The molecule has 112 valence electrons. The van der Waals surface area contributed by atoms with Crippen LogP contribution < -0.4 is 11.5 Å². The highest BCUT2D eigenvalue weighted by atomic mass is 35.5. The molecular weight excluding hydrogens is 325 g/mol. The molecule has 1 aromatic rings. The predicted octanol–water partition coefficient (Wildman–Crippen LogP) is 1.58. The maximum Gasteiger partial charge on any atom is 0.240 e. The van der Waals surface area contributed by atoms with E-state index in [4.69, 9.17) is 34.7 Å². The van der Waals surface area contributed by atoms with Crippen LogP contribution in [0.15, 0.2) is 18.2 Å². The fourth-order valence-corrected chi connectivity index (χ4v) is 1.90. The number of likely N-dealkylation sites (N-methyl/N-ethyl adjacent to an activating group) is 1. The summed E-state index contributed by atoms with van der Waals surface area (Å²) in [6.45, 7) is 0.322. The summed E-state index contributed by atoms with van der Waals surface area (Å²) in [5.74, 6) is -0.964. The van der Waals surface area contributed by atoms with Crippen molar-refractivity contribution in [3.8, 4) is 0 Å². The summed E-state index contributed by atoms with van der Waals surface area (Å²) in [6, 6.07) is 4.16. The van der Waals surface area contributed by atoms with Gasteiger partial charge in [0.1, 0.15) is 0 Å². The van der Waals surface area contributed by atoms with E-state index >= 15 is 0 Å². The Kier molecular flexibility index (Phi) is 7.90. The van der Waals surface area contributed by atoms with Crippen LogP contribution in [-0.2, 0) is 16.1 Å². The fraction of sp³-hybridized carbons (Fsp3) is 0.333. The quantitative estimate of drug-likeness (QED) is 0.852. The van der Waals surface area contributed by atoms with Gasteiger partial charge in [-0.1, -0.05) is 29.3 Å². The molecule has 2 amide bonds. The Balaban J connectivity index is 0.00000361. The minimum Gasteiger partial charge on any atom is -0.370 e. The maximum atomic E-state index is 11.9. The zero-order chi connectivity index (χ0) is 14.6. The van der Waals surface area contributed by atoms with Gasteiger partial charge in [-0.05, 0) is 17.7 Å². The lowest BCUT2D eigenvalue weighted by Crippen LogP contribution is -2.43. The highest BCUT2D eigenvalue weighted by Gasteiger charge is 2.20. The van der Waals surface area contributed by atoms with E-state index in [0.29, 0.717) is 16.6 Å². The second-order valence-corrected chi connectivity index (χ2v) is 5.03. The number of carbonyl (C=O) groups is 2. The lowest BCUT2D eigenvalue weighted by Gasteiger charge is -2.21. The SMILES string of the molecule is CN(Cc1ccc(Cl)c(Cl)c1)C(=O)C(N)CC(N)=O.Cl. The zero-order valence-electron chi connectivity index (χ0n) is 10.8. The molecule has 0 bridgehead atoms. The van der Waals surface area contributed by atoms with Crippen molar-refractivity contribution in [2.45, 2.75) is 19.0 Å². The van der Waals surface area contributed by atoms with Gasteiger partial charge in [0, 0.05) is 13.6 Å².